The molecule has 2 aromatic carbocycles. The first-order chi connectivity index (χ1) is 15.7. The lowest BCUT2D eigenvalue weighted by Crippen LogP contribution is -2.45. The predicted molar refractivity (Wildman–Crippen MR) is 125 cm³/mol. The van der Waals surface area contributed by atoms with E-state index in [1.54, 1.807) is 0 Å². The maximum absolute atomic E-state index is 12.9. The average molecular weight is 435 g/mol. The number of carbonyl (C=O) groups excluding carboxylic acids is 1. The van der Waals surface area contributed by atoms with Crippen molar-refractivity contribution in [2.45, 2.75) is 31.7 Å². The van der Waals surface area contributed by atoms with Crippen molar-refractivity contribution >= 4 is 28.4 Å². The minimum atomic E-state index is -0.182. The lowest BCUT2D eigenvalue weighted by atomic mass is 9.95. The molecule has 2 aliphatic heterocycles. The molecule has 7 nitrogen and oxygen atoms in total. The zero-order valence-electron chi connectivity index (χ0n) is 18.5. The summed E-state index contributed by atoms with van der Waals surface area (Å²) in [6.07, 6.45) is 1.89. The van der Waals surface area contributed by atoms with Gasteiger partial charge in [0.05, 0.1) is 19.3 Å². The van der Waals surface area contributed by atoms with E-state index >= 15 is 0 Å². The number of likely N-dealkylation sites (tertiary alicyclic amines) is 1. The molecule has 2 saturated heterocycles. The van der Waals surface area contributed by atoms with E-state index in [4.69, 9.17) is 9.15 Å². The Bertz CT molecular complexity index is 1020. The first kappa shape index (κ1) is 21.0. The van der Waals surface area contributed by atoms with E-state index in [2.05, 4.69) is 32.2 Å². The first-order valence-corrected chi connectivity index (χ1v) is 11.5. The van der Waals surface area contributed by atoms with Gasteiger partial charge in [-0.15, -0.1) is 0 Å². The number of morpholine rings is 1. The third kappa shape index (κ3) is 4.49. The fourth-order valence-electron chi connectivity index (χ4n) is 4.59. The van der Waals surface area contributed by atoms with Gasteiger partial charge in [0.1, 0.15) is 5.52 Å². The molecule has 0 saturated carbocycles. The van der Waals surface area contributed by atoms with Crippen LogP contribution in [0.1, 0.15) is 31.6 Å². The molecule has 1 amide bonds. The van der Waals surface area contributed by atoms with Gasteiger partial charge in [-0.1, -0.05) is 12.1 Å². The highest BCUT2D eigenvalue weighted by Crippen LogP contribution is 2.30. The van der Waals surface area contributed by atoms with E-state index in [-0.39, 0.29) is 11.9 Å². The quantitative estimate of drug-likeness (QED) is 0.657. The van der Waals surface area contributed by atoms with E-state index in [1.165, 1.54) is 5.69 Å². The van der Waals surface area contributed by atoms with Gasteiger partial charge in [-0.05, 0) is 69.3 Å². The van der Waals surface area contributed by atoms with E-state index in [0.717, 1.165) is 74.9 Å². The highest BCUT2D eigenvalue weighted by Gasteiger charge is 2.29. The maximum atomic E-state index is 12.9. The van der Waals surface area contributed by atoms with Crippen molar-refractivity contribution < 1.29 is 13.9 Å². The fourth-order valence-corrected chi connectivity index (χ4v) is 4.59. The summed E-state index contributed by atoms with van der Waals surface area (Å²) in [5, 5.41) is 3.08. The number of nitrogens with one attached hydrogen (secondary N) is 1. The Morgan fingerprint density at radius 3 is 2.47 bits per heavy atom. The van der Waals surface area contributed by atoms with Crippen molar-refractivity contribution in [2.24, 2.45) is 0 Å². The molecule has 1 atom stereocenters. The Kier molecular flexibility index (Phi) is 6.10. The number of fused-ring (bicyclic) bond motifs is 1. The third-order valence-corrected chi connectivity index (χ3v) is 6.63. The molecule has 3 aromatic rings. The molecule has 7 heteroatoms. The van der Waals surface area contributed by atoms with E-state index in [9.17, 15) is 4.79 Å². The molecule has 0 bridgehead atoms. The fraction of sp³-hybridized carbons (Fsp3) is 0.440. The van der Waals surface area contributed by atoms with Crippen molar-refractivity contribution in [3.63, 3.8) is 0 Å². The molecular weight excluding hydrogens is 404 g/mol. The summed E-state index contributed by atoms with van der Waals surface area (Å²) in [6, 6.07) is 15.8. The second-order valence-corrected chi connectivity index (χ2v) is 8.64. The van der Waals surface area contributed by atoms with Gasteiger partial charge in [0.25, 0.3) is 0 Å². The number of amides is 1. The van der Waals surface area contributed by atoms with Gasteiger partial charge < -0.3 is 19.4 Å². The van der Waals surface area contributed by atoms with Gasteiger partial charge in [0, 0.05) is 30.4 Å². The minimum Gasteiger partial charge on any atom is -0.440 e. The normalized spacial score (nSPS) is 19.2. The van der Waals surface area contributed by atoms with E-state index in [1.807, 2.05) is 43.3 Å². The highest BCUT2D eigenvalue weighted by atomic mass is 16.5. The standard InChI is InChI=1S/C25H30N4O3/c1-18(24(30)26-20-6-8-21(9-7-20)29-14-16-31-17-15-29)28-12-10-19(11-13-28)25-27-22-4-2-3-5-23(22)32-25/h2-9,18-19H,10-17H2,1H3,(H,26,30). The van der Waals surface area contributed by atoms with Gasteiger partial charge in [-0.2, -0.15) is 0 Å². The van der Waals surface area contributed by atoms with Crippen molar-refractivity contribution in [2.75, 3.05) is 49.6 Å². The molecule has 0 spiro atoms. The monoisotopic (exact) mass is 434 g/mol. The summed E-state index contributed by atoms with van der Waals surface area (Å²) in [6.45, 7) is 7.03. The third-order valence-electron chi connectivity index (χ3n) is 6.63. The number of hydrogen-bond donors (Lipinski definition) is 1. The number of ether oxygens (including phenoxy) is 1. The SMILES string of the molecule is CC(C(=O)Nc1ccc(N2CCOCC2)cc1)N1CCC(c2nc3ccccc3o2)CC1. The van der Waals surface area contributed by atoms with Crippen molar-refractivity contribution in [3.05, 3.63) is 54.4 Å². The molecule has 2 aliphatic rings. The second kappa shape index (κ2) is 9.30. The average Bonchev–Trinajstić information content (AvgIpc) is 3.29. The molecular formula is C25H30N4O3. The van der Waals surface area contributed by atoms with Crippen LogP contribution in [0.15, 0.2) is 52.9 Å². The number of benzene rings is 2. The molecule has 3 heterocycles. The number of piperidine rings is 1. The van der Waals surface area contributed by atoms with Crippen molar-refractivity contribution in [3.8, 4) is 0 Å². The highest BCUT2D eigenvalue weighted by molar-refractivity contribution is 5.94. The smallest absolute Gasteiger partial charge is 0.241 e. The number of aromatic nitrogens is 1. The number of carbonyl (C=O) groups is 1. The topological polar surface area (TPSA) is 70.8 Å². The number of nitrogens with zero attached hydrogens (tertiary/aromatic N) is 3. The minimum absolute atomic E-state index is 0.0319. The summed E-state index contributed by atoms with van der Waals surface area (Å²) in [7, 11) is 0. The Balaban J connectivity index is 1.14. The van der Waals surface area contributed by atoms with Crippen LogP contribution >= 0.6 is 0 Å². The van der Waals surface area contributed by atoms with Crippen LogP contribution in [0, 0.1) is 0 Å². The van der Waals surface area contributed by atoms with Crippen LogP contribution < -0.4 is 10.2 Å². The number of para-hydroxylation sites is 2. The van der Waals surface area contributed by atoms with E-state index < -0.39 is 0 Å². The molecule has 168 valence electrons. The van der Waals surface area contributed by atoms with Crippen molar-refractivity contribution in [1.29, 1.82) is 0 Å². The summed E-state index contributed by atoms with van der Waals surface area (Å²) < 4.78 is 11.4. The van der Waals surface area contributed by atoms with Gasteiger partial charge in [-0.3, -0.25) is 9.69 Å². The maximum Gasteiger partial charge on any atom is 0.241 e. The summed E-state index contributed by atoms with van der Waals surface area (Å²) >= 11 is 0. The zero-order chi connectivity index (χ0) is 21.9. The van der Waals surface area contributed by atoms with Gasteiger partial charge >= 0.3 is 0 Å². The van der Waals surface area contributed by atoms with Crippen molar-refractivity contribution in [1.82, 2.24) is 9.88 Å². The van der Waals surface area contributed by atoms with Crippen LogP contribution in [0.3, 0.4) is 0 Å². The van der Waals surface area contributed by atoms with Crippen LogP contribution in [0.25, 0.3) is 11.1 Å². The predicted octanol–water partition coefficient (Wildman–Crippen LogP) is 3.87. The Labute approximate surface area is 188 Å². The Morgan fingerprint density at radius 1 is 1.03 bits per heavy atom. The second-order valence-electron chi connectivity index (χ2n) is 8.64. The molecule has 0 radical (unpaired) electrons. The van der Waals surface area contributed by atoms with Gasteiger partial charge in [0.15, 0.2) is 11.5 Å². The Hall–Kier alpha value is -2.90. The summed E-state index contributed by atoms with van der Waals surface area (Å²) in [5.41, 5.74) is 3.76. The number of oxazole rings is 1. The van der Waals surface area contributed by atoms with Crippen LogP contribution in [0.4, 0.5) is 11.4 Å². The number of hydrogen-bond acceptors (Lipinski definition) is 6. The summed E-state index contributed by atoms with van der Waals surface area (Å²) in [5.74, 6) is 1.16. The lowest BCUT2D eigenvalue weighted by Gasteiger charge is -2.34. The summed E-state index contributed by atoms with van der Waals surface area (Å²) in [4.78, 5) is 22.1. The Morgan fingerprint density at radius 2 is 1.75 bits per heavy atom. The zero-order valence-corrected chi connectivity index (χ0v) is 18.5. The van der Waals surface area contributed by atoms with Crippen LogP contribution in [-0.2, 0) is 9.53 Å². The van der Waals surface area contributed by atoms with E-state index in [0.29, 0.717) is 5.92 Å². The van der Waals surface area contributed by atoms with Crippen LogP contribution in [-0.4, -0.2) is 61.2 Å². The molecule has 2 fully saturated rings. The number of rotatable bonds is 5. The molecule has 1 unspecified atom stereocenters. The van der Waals surface area contributed by atoms with Crippen LogP contribution in [0.5, 0.6) is 0 Å². The molecule has 1 N–H and O–H groups in total. The largest absolute Gasteiger partial charge is 0.440 e. The lowest BCUT2D eigenvalue weighted by molar-refractivity contribution is -0.121. The van der Waals surface area contributed by atoms with Crippen LogP contribution in [0.2, 0.25) is 0 Å². The molecule has 1 aromatic heterocycles. The van der Waals surface area contributed by atoms with Gasteiger partial charge in [-0.25, -0.2) is 4.98 Å². The van der Waals surface area contributed by atoms with Gasteiger partial charge in [0.2, 0.25) is 5.91 Å². The first-order valence-electron chi connectivity index (χ1n) is 11.5. The molecule has 0 aliphatic carbocycles. The number of anilines is 2. The molecule has 5 rings (SSSR count). The molecule has 32 heavy (non-hydrogen) atoms.